The predicted molar refractivity (Wildman–Crippen MR) is 299 cm³/mol. The summed E-state index contributed by atoms with van der Waals surface area (Å²) < 4.78 is 7.35. The quantitative estimate of drug-likeness (QED) is 0.107. The molecule has 11 aromatic carbocycles. The summed E-state index contributed by atoms with van der Waals surface area (Å²) in [5, 5.41) is 12.9. The molecule has 14 rings (SSSR count). The first kappa shape index (κ1) is 40.1. The maximum atomic E-state index is 2.50. The van der Waals surface area contributed by atoms with E-state index in [4.69, 9.17) is 0 Å². The van der Waals surface area contributed by atoms with Crippen molar-refractivity contribution in [3.8, 4) is 28.2 Å². The first-order chi connectivity index (χ1) is 34.8. The van der Waals surface area contributed by atoms with Gasteiger partial charge in [-0.1, -0.05) is 200 Å². The van der Waals surface area contributed by atoms with Crippen LogP contribution in [0.2, 0.25) is 0 Å². The van der Waals surface area contributed by atoms with Crippen molar-refractivity contribution in [2.24, 2.45) is 0 Å². The van der Waals surface area contributed by atoms with Gasteiger partial charge in [0.1, 0.15) is 0 Å². The summed E-state index contributed by atoms with van der Waals surface area (Å²) in [6.07, 6.45) is 0. The van der Waals surface area contributed by atoms with E-state index in [0.29, 0.717) is 0 Å². The van der Waals surface area contributed by atoms with Gasteiger partial charge >= 0.3 is 0 Å². The largest absolute Gasteiger partial charge is 0.309 e. The molecule has 0 amide bonds. The van der Waals surface area contributed by atoms with Gasteiger partial charge in [0.05, 0.1) is 33.1 Å². The van der Waals surface area contributed by atoms with Crippen LogP contribution in [-0.4, -0.2) is 21.8 Å². The number of fused-ring (bicyclic) bond motifs is 10. The number of benzene rings is 11. The Morgan fingerprint density at radius 1 is 0.229 bits per heavy atom. The van der Waals surface area contributed by atoms with Gasteiger partial charge in [0.25, 0.3) is 0 Å². The summed E-state index contributed by atoms with van der Waals surface area (Å²) in [6.45, 7) is 0. The summed E-state index contributed by atoms with van der Waals surface area (Å²) in [5.74, 6) is 0. The molecule has 0 saturated carbocycles. The topological polar surface area (TPSA) is 14.8 Å². The highest BCUT2D eigenvalue weighted by molar-refractivity contribution is 7.19. The van der Waals surface area contributed by atoms with Gasteiger partial charge in [-0.2, -0.15) is 0 Å². The highest BCUT2D eigenvalue weighted by Crippen LogP contribution is 2.42. The average molecular weight is 908 g/mol. The van der Waals surface area contributed by atoms with Gasteiger partial charge < -0.3 is 13.7 Å². The van der Waals surface area contributed by atoms with E-state index in [-0.39, 0.29) is 0 Å². The predicted octanol–water partition coefficient (Wildman–Crippen LogP) is 14.0. The summed E-state index contributed by atoms with van der Waals surface area (Å²) in [6, 6.07) is 101. The zero-order chi connectivity index (χ0) is 46.2. The Hall–Kier alpha value is -8.96. The molecule has 0 aliphatic heterocycles. The fourth-order valence-corrected chi connectivity index (χ4v) is 16.6. The van der Waals surface area contributed by atoms with Crippen LogP contribution in [-0.2, 0) is 0 Å². The van der Waals surface area contributed by atoms with Crippen molar-refractivity contribution in [2.45, 2.75) is 0 Å². The van der Waals surface area contributed by atoms with Crippen molar-refractivity contribution in [1.29, 1.82) is 0 Å². The molecular formula is C66H45N3Si. The lowest BCUT2D eigenvalue weighted by Gasteiger charge is -2.35. The third-order valence-electron chi connectivity index (χ3n) is 14.8. The number of rotatable bonds is 8. The first-order valence-corrected chi connectivity index (χ1v) is 26.2. The Morgan fingerprint density at radius 3 is 1.30 bits per heavy atom. The first-order valence-electron chi connectivity index (χ1n) is 24.2. The smallest absolute Gasteiger partial charge is 0.179 e. The lowest BCUT2D eigenvalue weighted by atomic mass is 10.0. The Labute approximate surface area is 407 Å². The van der Waals surface area contributed by atoms with Crippen LogP contribution < -0.4 is 20.7 Å². The molecule has 4 heteroatoms. The summed E-state index contributed by atoms with van der Waals surface area (Å²) in [4.78, 5) is 0. The van der Waals surface area contributed by atoms with Crippen LogP contribution in [0.25, 0.3) is 93.6 Å². The summed E-state index contributed by atoms with van der Waals surface area (Å²) in [5.41, 5.74) is 13.1. The Bertz CT molecular complexity index is 4220. The molecule has 14 aromatic rings. The SMILES string of the molecule is c1ccc(-n2c3ccccc3c3cc(-c4ccc([Si](c5ccccc5)(c5ccccc5)c5cccc(-n6c7ccccc7c7c6ccc6c8ccccc8n(-c8ccccc8)c67)c5)cc4)ccc32)cc1. The minimum atomic E-state index is -2.96. The van der Waals surface area contributed by atoms with E-state index in [2.05, 4.69) is 287 Å². The molecule has 0 atom stereocenters. The minimum absolute atomic E-state index is 1.15. The highest BCUT2D eigenvalue weighted by atomic mass is 28.3. The molecule has 0 N–H and O–H groups in total. The third kappa shape index (κ3) is 6.00. The number of hydrogen-bond acceptors (Lipinski definition) is 0. The maximum absolute atomic E-state index is 2.96. The van der Waals surface area contributed by atoms with E-state index in [1.165, 1.54) is 103 Å². The number of aromatic nitrogens is 3. The second-order valence-electron chi connectivity index (χ2n) is 18.4. The van der Waals surface area contributed by atoms with Crippen molar-refractivity contribution >= 4 is 94.2 Å². The van der Waals surface area contributed by atoms with Crippen molar-refractivity contribution in [2.75, 3.05) is 0 Å². The van der Waals surface area contributed by atoms with Gasteiger partial charge in [0, 0.05) is 49.4 Å². The van der Waals surface area contributed by atoms with E-state index >= 15 is 0 Å². The van der Waals surface area contributed by atoms with E-state index < -0.39 is 8.07 Å². The van der Waals surface area contributed by atoms with Crippen LogP contribution in [0.1, 0.15) is 0 Å². The Balaban J connectivity index is 0.975. The number of nitrogens with zero attached hydrogens (tertiary/aromatic N) is 3. The van der Waals surface area contributed by atoms with Crippen LogP contribution in [0.3, 0.4) is 0 Å². The van der Waals surface area contributed by atoms with Gasteiger partial charge in [-0.25, -0.2) is 0 Å². The van der Waals surface area contributed by atoms with Crippen LogP contribution >= 0.6 is 0 Å². The van der Waals surface area contributed by atoms with Crippen molar-refractivity contribution in [3.05, 3.63) is 273 Å². The second kappa shape index (κ2) is 16.1. The number of hydrogen-bond donors (Lipinski definition) is 0. The molecular weight excluding hydrogens is 863 g/mol. The van der Waals surface area contributed by atoms with Crippen LogP contribution in [0, 0.1) is 0 Å². The lowest BCUT2D eigenvalue weighted by Crippen LogP contribution is -2.74. The van der Waals surface area contributed by atoms with E-state index in [1.54, 1.807) is 0 Å². The van der Waals surface area contributed by atoms with Crippen molar-refractivity contribution in [3.63, 3.8) is 0 Å². The molecule has 0 saturated heterocycles. The van der Waals surface area contributed by atoms with Gasteiger partial charge in [0.15, 0.2) is 8.07 Å². The molecule has 0 bridgehead atoms. The Morgan fingerprint density at radius 2 is 0.657 bits per heavy atom. The molecule has 0 unspecified atom stereocenters. The fourth-order valence-electron chi connectivity index (χ4n) is 11.8. The average Bonchev–Trinajstić information content (AvgIpc) is 4.08. The highest BCUT2D eigenvalue weighted by Gasteiger charge is 2.41. The Kier molecular flexibility index (Phi) is 9.23. The molecule has 0 fully saturated rings. The molecule has 70 heavy (non-hydrogen) atoms. The van der Waals surface area contributed by atoms with Gasteiger partial charge in [0.2, 0.25) is 0 Å². The lowest BCUT2D eigenvalue weighted by molar-refractivity contribution is 1.18. The van der Waals surface area contributed by atoms with Gasteiger partial charge in [-0.05, 0) is 105 Å². The van der Waals surface area contributed by atoms with Crippen LogP contribution in [0.15, 0.2) is 273 Å². The summed E-state index contributed by atoms with van der Waals surface area (Å²) in [7, 11) is -2.96. The van der Waals surface area contributed by atoms with Crippen LogP contribution in [0.4, 0.5) is 0 Å². The third-order valence-corrected chi connectivity index (χ3v) is 19.5. The summed E-state index contributed by atoms with van der Waals surface area (Å²) >= 11 is 0. The zero-order valence-electron chi connectivity index (χ0n) is 38.3. The van der Waals surface area contributed by atoms with Crippen molar-refractivity contribution in [1.82, 2.24) is 13.7 Å². The minimum Gasteiger partial charge on any atom is -0.309 e. The molecule has 3 nitrogen and oxygen atoms in total. The second-order valence-corrected chi connectivity index (χ2v) is 22.2. The van der Waals surface area contributed by atoms with E-state index in [1.807, 2.05) is 0 Å². The molecule has 3 heterocycles. The van der Waals surface area contributed by atoms with E-state index in [0.717, 1.165) is 11.4 Å². The standard InChI is InChI=1S/C66H45N3Si/c1-5-20-48(21-6-1)67-60-33-16-14-31-56(60)59-44-47(38-42-63(59)67)46-36-39-53(40-37-46)70(51-25-9-3-10-26-51,52-27-11-4-12-28-52)54-29-19-24-50(45-54)68-62-35-18-15-32-58(62)65-64(68)43-41-57-55-30-13-17-34-61(55)69(66(57)65)49-22-7-2-8-23-49/h1-45H. The normalized spacial score (nSPS) is 12.0. The van der Waals surface area contributed by atoms with Gasteiger partial charge in [-0.15, -0.1) is 0 Å². The zero-order valence-corrected chi connectivity index (χ0v) is 39.3. The maximum Gasteiger partial charge on any atom is 0.179 e. The molecule has 0 aliphatic carbocycles. The molecule has 3 aromatic heterocycles. The monoisotopic (exact) mass is 907 g/mol. The molecule has 328 valence electrons. The fraction of sp³-hybridized carbons (Fsp3) is 0. The van der Waals surface area contributed by atoms with Crippen LogP contribution in [0.5, 0.6) is 0 Å². The van der Waals surface area contributed by atoms with Crippen molar-refractivity contribution < 1.29 is 0 Å². The molecule has 0 aliphatic rings. The van der Waals surface area contributed by atoms with Gasteiger partial charge in [-0.3, -0.25) is 0 Å². The van der Waals surface area contributed by atoms with E-state index in [9.17, 15) is 0 Å². The molecule has 0 radical (unpaired) electrons. The molecule has 0 spiro atoms. The number of para-hydroxylation sites is 5.